The number of nitrogens with zero attached hydrogens (tertiary/aromatic N) is 4. The maximum atomic E-state index is 12.9. The maximum Gasteiger partial charge on any atom is 0.338 e. The number of aliphatic hydroxyl groups excluding tert-OH is 3. The van der Waals surface area contributed by atoms with Gasteiger partial charge in [-0.05, 0) is 244 Å². The van der Waals surface area contributed by atoms with Gasteiger partial charge in [0.1, 0.15) is 11.4 Å². The molecule has 24 heteroatoms. The van der Waals surface area contributed by atoms with E-state index in [0.29, 0.717) is 68.9 Å². The Morgan fingerprint density at radius 2 is 0.888 bits per heavy atom. The molecule has 6 atom stereocenters. The van der Waals surface area contributed by atoms with Gasteiger partial charge in [0.05, 0.1) is 59.3 Å². The average molecular weight is 1800 g/mol. The largest absolute Gasteiger partial charge is 0.509 e. The molecule has 20 nitrogen and oxygen atoms in total. The Hall–Kier alpha value is -5.27. The van der Waals surface area contributed by atoms with Crippen LogP contribution in [0.3, 0.4) is 0 Å². The van der Waals surface area contributed by atoms with Gasteiger partial charge in [0.15, 0.2) is 38.9 Å². The van der Waals surface area contributed by atoms with E-state index < -0.39 is 62.1 Å². The Morgan fingerprint density at radius 1 is 0.472 bits per heavy atom. The summed E-state index contributed by atoms with van der Waals surface area (Å²) < 4.78 is 37.1. The highest BCUT2D eigenvalue weighted by Gasteiger charge is 2.62. The normalized spacial score (nSPS) is 23.6. The molecular weight excluding hydrogens is 1640 g/mol. The van der Waals surface area contributed by atoms with Gasteiger partial charge in [0, 0.05) is 83.1 Å². The number of hydrogen-bond donors (Lipinski definition) is 6. The van der Waals surface area contributed by atoms with Crippen LogP contribution in [0, 0.1) is 23.2 Å². The summed E-state index contributed by atoms with van der Waals surface area (Å²) in [6.07, 6.45) is 15.7. The van der Waals surface area contributed by atoms with Crippen LogP contribution in [0.4, 0.5) is 0 Å². The highest BCUT2D eigenvalue weighted by atomic mass is 28.4. The van der Waals surface area contributed by atoms with Crippen LogP contribution in [0.15, 0.2) is 133 Å². The number of benzene rings is 4. The second-order valence-electron chi connectivity index (χ2n) is 44.5. The average Bonchev–Trinajstić information content (AvgIpc) is 1.59. The molecule has 0 bridgehead atoms. The molecule has 2 amide bonds. The highest BCUT2D eigenvalue weighted by molar-refractivity contribution is 6.75. The molecule has 0 aromatic heterocycles. The molecule has 6 aliphatic carbocycles. The van der Waals surface area contributed by atoms with Crippen molar-refractivity contribution in [2.24, 2.45) is 23.2 Å². The predicted octanol–water partition coefficient (Wildman–Crippen LogP) is 19.4. The highest BCUT2D eigenvalue weighted by Crippen LogP contribution is 2.57. The molecule has 15 rings (SSSR count). The zero-order valence-corrected chi connectivity index (χ0v) is 85.2. The number of esters is 2. The van der Waals surface area contributed by atoms with Crippen LogP contribution in [-0.2, 0) is 72.5 Å². The first-order valence-electron chi connectivity index (χ1n) is 47.5. The van der Waals surface area contributed by atoms with Gasteiger partial charge in [-0.15, -0.1) is 0 Å². The number of carbonyl (C=O) groups is 4. The minimum absolute atomic E-state index is 0.0231. The van der Waals surface area contributed by atoms with Gasteiger partial charge in [-0.1, -0.05) is 204 Å². The van der Waals surface area contributed by atoms with Crippen LogP contribution in [0.5, 0.6) is 0 Å². The van der Waals surface area contributed by atoms with Crippen molar-refractivity contribution in [3.63, 3.8) is 0 Å². The second kappa shape index (κ2) is 42.1. The molecule has 5 heterocycles. The van der Waals surface area contributed by atoms with E-state index in [-0.39, 0.29) is 72.5 Å². The quantitative estimate of drug-likeness (QED) is 0.0140. The maximum absolute atomic E-state index is 12.9. The second-order valence-corrected chi connectivity index (χ2v) is 63.5. The first-order chi connectivity index (χ1) is 58.2. The summed E-state index contributed by atoms with van der Waals surface area (Å²) in [4.78, 5) is 54.6. The summed E-state index contributed by atoms with van der Waals surface area (Å²) in [7, 11) is -7.63. The molecule has 0 radical (unpaired) electrons. The van der Waals surface area contributed by atoms with Crippen molar-refractivity contribution in [3.8, 4) is 0 Å². The summed E-state index contributed by atoms with van der Waals surface area (Å²) in [5.41, 5.74) is 2.81. The summed E-state index contributed by atoms with van der Waals surface area (Å²) in [5, 5.41) is 54.2. The molecule has 11 fully saturated rings. The third-order valence-electron chi connectivity index (χ3n) is 29.8. The summed E-state index contributed by atoms with van der Waals surface area (Å²) in [6, 6.07) is 41.7. The number of amides is 2. The smallest absolute Gasteiger partial charge is 0.338 e. The molecule has 6 saturated carbocycles. The first kappa shape index (κ1) is 103. The molecular formula is C101H165N5O15Si4. The first-order valence-corrected chi connectivity index (χ1v) is 59.1. The van der Waals surface area contributed by atoms with E-state index >= 15 is 0 Å². The monoisotopic (exact) mass is 1800 g/mol. The molecule has 11 aliphatic rings. The van der Waals surface area contributed by atoms with Crippen molar-refractivity contribution in [1.82, 2.24) is 24.9 Å². The Balaban J connectivity index is 0.000000173. The molecule has 4 aromatic rings. The Bertz CT molecular complexity index is 4080. The predicted molar refractivity (Wildman–Crippen MR) is 512 cm³/mol. The molecule has 0 spiro atoms. The zero-order chi connectivity index (χ0) is 92.3. The van der Waals surface area contributed by atoms with Gasteiger partial charge in [0.2, 0.25) is 5.91 Å². The molecule has 5 saturated heterocycles. The zero-order valence-electron chi connectivity index (χ0n) is 81.2. The van der Waals surface area contributed by atoms with Crippen LogP contribution >= 0.6 is 0 Å². The lowest BCUT2D eigenvalue weighted by atomic mass is 9.95. The number of rotatable bonds is 27. The van der Waals surface area contributed by atoms with Gasteiger partial charge in [0.25, 0.3) is 5.91 Å². The van der Waals surface area contributed by atoms with Gasteiger partial charge < -0.3 is 67.8 Å². The van der Waals surface area contributed by atoms with E-state index in [1.54, 1.807) is 6.92 Å². The molecule has 700 valence electrons. The number of nitrogens with one attached hydrogen (secondary N) is 1. The molecule has 6 N–H and O–H groups in total. The van der Waals surface area contributed by atoms with Gasteiger partial charge >= 0.3 is 11.9 Å². The van der Waals surface area contributed by atoms with E-state index in [1.165, 1.54) is 23.1 Å². The summed E-state index contributed by atoms with van der Waals surface area (Å²) in [5.74, 6) is 1.14. The van der Waals surface area contributed by atoms with Crippen molar-refractivity contribution in [2.45, 2.75) is 364 Å². The number of carbonyl (C=O) groups excluding carboxylic acids is 4. The molecule has 4 aromatic carbocycles. The van der Waals surface area contributed by atoms with Crippen molar-refractivity contribution in [3.05, 3.63) is 155 Å². The fraction of sp³-hybridized carbons (Fsp3) is 0.703. The van der Waals surface area contributed by atoms with Crippen LogP contribution in [0.2, 0.25) is 72.5 Å². The molecule has 6 unspecified atom stereocenters. The number of likely N-dealkylation sites (tertiary alicyclic amines) is 4. The fourth-order valence-electron chi connectivity index (χ4n) is 16.2. The molecule has 125 heavy (non-hydrogen) atoms. The lowest BCUT2D eigenvalue weighted by Crippen LogP contribution is -2.55. The standard InChI is InChI=1S/C27H49NO2Si2.C21H31NO3Si.C21H35NO2Si.C11H13NO.C8H15NO2.C7H12O2.C6H10O3/c1-25(2,3)31(7,8)29-24(27(17-18-27)30-32(9,10)26(4,5)6)23-16-19-28(21-23)20-22-14-12-11-13-15-22;1-20(2,3)26(4,5)25-21(12-13-21)18(23)17-11-14-22(19(17)24)15-16-9-7-6-8-10-16;1-20(2,3)25(4,5)24-21(12-13-21)19(23)18-11-14-22(16-18)15-17-9-7-6-8-10-17;13-11-7-4-8-12(11)9-10-5-2-1-3-6-10;10-7(8(11)2-3-8)6-1-4-9-5-6;1-3-9-6(8)7(2)4-5-7;1-2-9-5(7)6(8)3-4-6/h11-15,23-24H,16-21H2,1-10H3;6-10,23H,11-15H2,1-5H3;6-10,18-19,23H,11-16H2,1-5H3;1-3,5-6H,4,7-9H2;6-7,9-11H,1-5H2;3-5H2,1-2H3;8H,2-4H2,1H3/b;18-17-;;;;;. The summed E-state index contributed by atoms with van der Waals surface area (Å²) >= 11 is 0. The number of ether oxygens (including phenoxy) is 2. The topological polar surface area (TPSA) is 250 Å². The van der Waals surface area contributed by atoms with E-state index in [9.17, 15) is 39.6 Å². The third kappa shape index (κ3) is 28.6. The number of aliphatic hydroxyl groups is 5. The van der Waals surface area contributed by atoms with Crippen LogP contribution in [0.25, 0.3) is 0 Å². The van der Waals surface area contributed by atoms with Gasteiger partial charge in [-0.3, -0.25) is 24.2 Å². The van der Waals surface area contributed by atoms with Crippen LogP contribution in [0.1, 0.15) is 242 Å². The third-order valence-corrected chi connectivity index (χ3v) is 47.8. The van der Waals surface area contributed by atoms with Gasteiger partial charge in [-0.2, -0.15) is 0 Å². The lowest BCUT2D eigenvalue weighted by molar-refractivity contribution is -0.155. The fourth-order valence-corrected chi connectivity index (χ4v) is 22.5. The van der Waals surface area contributed by atoms with Crippen molar-refractivity contribution >= 4 is 57.0 Å². The van der Waals surface area contributed by atoms with Crippen LogP contribution < -0.4 is 5.32 Å². The van der Waals surface area contributed by atoms with Crippen molar-refractivity contribution in [2.75, 3.05) is 65.6 Å². The van der Waals surface area contributed by atoms with Crippen LogP contribution in [-0.4, -0.2) is 214 Å². The van der Waals surface area contributed by atoms with Crippen molar-refractivity contribution in [1.29, 1.82) is 0 Å². The SMILES string of the molecule is CC(C)(C)[Si](C)(C)OC(C1CCN(Cc2ccccc2)C1)C1(O[Si](C)(C)C(C)(C)C)CC1.CC(C)(C)[Si](C)(C)OC1(/C(O)=C2\CCN(Cc3ccccc3)C2=O)CC1.CC(C)(C)[Si](C)(C)OC1(C(O)C2CCN(Cc3ccccc3)C2)CC1.CCOC(=O)C1(C)CC1.CCOC(=O)C1(O)CC1.O=C1CCCN1Cc1ccccc1.OC(C1CCNC1)C1(O)CC1. The minimum atomic E-state index is -2.01. The van der Waals surface area contributed by atoms with Crippen molar-refractivity contribution < 1.29 is 71.9 Å². The summed E-state index contributed by atoms with van der Waals surface area (Å²) in [6.45, 7) is 63.8. The minimum Gasteiger partial charge on any atom is -0.509 e. The Kier molecular flexibility index (Phi) is 34.8. The van der Waals surface area contributed by atoms with E-state index in [4.69, 9.17) is 27.5 Å². The van der Waals surface area contributed by atoms with E-state index in [0.717, 1.165) is 161 Å². The van der Waals surface area contributed by atoms with Gasteiger partial charge in [-0.25, -0.2) is 4.79 Å². The Labute approximate surface area is 757 Å². The molecule has 5 aliphatic heterocycles. The Morgan fingerprint density at radius 3 is 1.27 bits per heavy atom. The van der Waals surface area contributed by atoms with E-state index in [1.807, 2.05) is 72.2 Å². The number of hydrogen-bond acceptors (Lipinski definition) is 18. The van der Waals surface area contributed by atoms with E-state index in [2.05, 4.69) is 228 Å². The lowest BCUT2D eigenvalue weighted by Gasteiger charge is -2.47.